The van der Waals surface area contributed by atoms with Gasteiger partial charge in [0.25, 0.3) is 0 Å². The van der Waals surface area contributed by atoms with E-state index in [1.165, 1.54) is 10.1 Å². The fourth-order valence-corrected chi connectivity index (χ4v) is 2.56. The Labute approximate surface area is 109 Å². The van der Waals surface area contributed by atoms with Crippen LogP contribution in [0.15, 0.2) is 22.8 Å². The highest BCUT2D eigenvalue weighted by Gasteiger charge is 2.15. The molecule has 1 heterocycles. The van der Waals surface area contributed by atoms with Crippen molar-refractivity contribution >= 4 is 27.5 Å². The van der Waals surface area contributed by atoms with Crippen LogP contribution in [0.2, 0.25) is 0 Å². The number of rotatable bonds is 3. The molecule has 3 nitrogen and oxygen atoms in total. The van der Waals surface area contributed by atoms with E-state index in [4.69, 9.17) is 4.74 Å². The van der Waals surface area contributed by atoms with Gasteiger partial charge in [0.2, 0.25) is 0 Å². The number of esters is 1. The van der Waals surface area contributed by atoms with Crippen LogP contribution in [0.4, 0.5) is 0 Å². The summed E-state index contributed by atoms with van der Waals surface area (Å²) in [5.74, 6) is -0.314. The molecule has 2 rings (SSSR count). The fourth-order valence-electron chi connectivity index (χ4n) is 1.88. The van der Waals surface area contributed by atoms with Crippen LogP contribution >= 0.6 is 15.9 Å². The molecule has 0 unspecified atom stereocenters. The van der Waals surface area contributed by atoms with Crippen LogP contribution in [0.25, 0.3) is 5.57 Å². The molecule has 17 heavy (non-hydrogen) atoms. The zero-order chi connectivity index (χ0) is 12.3. The third-order valence-electron chi connectivity index (χ3n) is 2.73. The van der Waals surface area contributed by atoms with Gasteiger partial charge in [-0.2, -0.15) is 0 Å². The van der Waals surface area contributed by atoms with Crippen LogP contribution in [0.3, 0.4) is 0 Å². The van der Waals surface area contributed by atoms with Crippen LogP contribution in [0.5, 0.6) is 0 Å². The number of hydrogen-bond acceptors (Lipinski definition) is 3. The van der Waals surface area contributed by atoms with Gasteiger partial charge in [0.1, 0.15) is 0 Å². The molecule has 1 aliphatic carbocycles. The zero-order valence-corrected chi connectivity index (χ0v) is 11.3. The number of nitrogens with zero attached hydrogens (tertiary/aromatic N) is 1. The van der Waals surface area contributed by atoms with Crippen molar-refractivity contribution in [2.75, 3.05) is 6.61 Å². The molecule has 1 aromatic rings. The minimum atomic E-state index is -0.314. The Kier molecular flexibility index (Phi) is 3.94. The molecule has 0 spiro atoms. The normalized spacial score (nSPS) is 15.2. The Morgan fingerprint density at radius 2 is 2.29 bits per heavy atom. The second kappa shape index (κ2) is 5.45. The molecule has 0 N–H and O–H groups in total. The van der Waals surface area contributed by atoms with E-state index in [0.717, 1.165) is 25.0 Å². The summed E-state index contributed by atoms with van der Waals surface area (Å²) in [6, 6.07) is 3.65. The Bertz CT molecular complexity index is 451. The topological polar surface area (TPSA) is 39.2 Å². The minimum absolute atomic E-state index is 0.314. The number of allylic oxidation sites excluding steroid dienone is 2. The first-order valence-corrected chi connectivity index (χ1v) is 6.52. The number of hydrogen-bond donors (Lipinski definition) is 0. The number of ether oxygens (including phenoxy) is 1. The average Bonchev–Trinajstić information content (AvgIpc) is 2.76. The molecule has 0 saturated carbocycles. The summed E-state index contributed by atoms with van der Waals surface area (Å²) in [6.45, 7) is 2.18. The summed E-state index contributed by atoms with van der Waals surface area (Å²) in [7, 11) is 0. The van der Waals surface area contributed by atoms with Gasteiger partial charge in [0.05, 0.1) is 17.9 Å². The lowest BCUT2D eigenvalue weighted by atomic mass is 10.1. The molecule has 0 bridgehead atoms. The van der Waals surface area contributed by atoms with Crippen LogP contribution in [-0.2, 0) is 4.74 Å². The summed E-state index contributed by atoms with van der Waals surface area (Å²) >= 11 is 3.56. The standard InChI is InChI=1S/C13H14BrNO2/c1-2-17-13(16)9-6-7-12(15-8-9)10-4-3-5-11(10)14/h6-8H,2-5H2,1H3. The van der Waals surface area contributed by atoms with E-state index in [2.05, 4.69) is 20.9 Å². The molecule has 4 heteroatoms. The third kappa shape index (κ3) is 2.75. The molecule has 0 aliphatic heterocycles. The SMILES string of the molecule is CCOC(=O)c1ccc(C2=C(Br)CCC2)nc1. The van der Waals surface area contributed by atoms with Gasteiger partial charge >= 0.3 is 5.97 Å². The summed E-state index contributed by atoms with van der Waals surface area (Å²) in [5.41, 5.74) is 2.70. The Morgan fingerprint density at radius 1 is 1.47 bits per heavy atom. The largest absolute Gasteiger partial charge is 0.462 e. The number of pyridine rings is 1. The van der Waals surface area contributed by atoms with Crippen LogP contribution in [0, 0.1) is 0 Å². The third-order valence-corrected chi connectivity index (χ3v) is 3.61. The van der Waals surface area contributed by atoms with Gasteiger partial charge in [0, 0.05) is 10.7 Å². The van der Waals surface area contributed by atoms with Crippen molar-refractivity contribution in [3.63, 3.8) is 0 Å². The maximum Gasteiger partial charge on any atom is 0.339 e. The van der Waals surface area contributed by atoms with Crippen molar-refractivity contribution in [3.8, 4) is 0 Å². The van der Waals surface area contributed by atoms with E-state index >= 15 is 0 Å². The van der Waals surface area contributed by atoms with E-state index < -0.39 is 0 Å². The lowest BCUT2D eigenvalue weighted by Crippen LogP contribution is -2.05. The van der Waals surface area contributed by atoms with E-state index in [1.54, 1.807) is 19.2 Å². The van der Waals surface area contributed by atoms with Crippen LogP contribution in [-0.4, -0.2) is 17.6 Å². The zero-order valence-electron chi connectivity index (χ0n) is 9.70. The predicted molar refractivity (Wildman–Crippen MR) is 69.9 cm³/mol. The predicted octanol–water partition coefficient (Wildman–Crippen LogP) is 3.55. The number of aromatic nitrogens is 1. The number of carbonyl (C=O) groups excluding carboxylic acids is 1. The highest BCUT2D eigenvalue weighted by molar-refractivity contribution is 9.11. The van der Waals surface area contributed by atoms with Gasteiger partial charge < -0.3 is 4.74 Å². The van der Waals surface area contributed by atoms with Gasteiger partial charge in [-0.05, 0) is 43.9 Å². The molecule has 0 fully saturated rings. The van der Waals surface area contributed by atoms with Crippen molar-refractivity contribution in [1.82, 2.24) is 4.98 Å². The molecule has 1 aromatic heterocycles. The van der Waals surface area contributed by atoms with Gasteiger partial charge in [0.15, 0.2) is 0 Å². The number of halogens is 1. The molecule has 0 aromatic carbocycles. The van der Waals surface area contributed by atoms with Gasteiger partial charge in [-0.25, -0.2) is 4.79 Å². The molecule has 1 aliphatic rings. The Hall–Kier alpha value is -1.16. The van der Waals surface area contributed by atoms with E-state index in [-0.39, 0.29) is 5.97 Å². The second-order valence-electron chi connectivity index (χ2n) is 3.89. The summed E-state index contributed by atoms with van der Waals surface area (Å²) in [5, 5.41) is 0. The minimum Gasteiger partial charge on any atom is -0.462 e. The first-order valence-electron chi connectivity index (χ1n) is 5.73. The highest BCUT2D eigenvalue weighted by Crippen LogP contribution is 2.36. The molecule has 0 atom stereocenters. The summed E-state index contributed by atoms with van der Waals surface area (Å²) in [6.07, 6.45) is 4.87. The van der Waals surface area contributed by atoms with Gasteiger partial charge in [-0.1, -0.05) is 15.9 Å². The van der Waals surface area contributed by atoms with Gasteiger partial charge in [-0.3, -0.25) is 4.98 Å². The quantitative estimate of drug-likeness (QED) is 0.801. The molecular formula is C13H14BrNO2. The summed E-state index contributed by atoms with van der Waals surface area (Å²) in [4.78, 5) is 15.8. The monoisotopic (exact) mass is 295 g/mol. The van der Waals surface area contributed by atoms with Crippen molar-refractivity contribution < 1.29 is 9.53 Å². The second-order valence-corrected chi connectivity index (χ2v) is 4.85. The molecular weight excluding hydrogens is 282 g/mol. The smallest absolute Gasteiger partial charge is 0.339 e. The van der Waals surface area contributed by atoms with Crippen molar-refractivity contribution in [3.05, 3.63) is 34.1 Å². The van der Waals surface area contributed by atoms with Crippen molar-refractivity contribution in [2.45, 2.75) is 26.2 Å². The molecule has 90 valence electrons. The van der Waals surface area contributed by atoms with E-state index in [1.807, 2.05) is 6.07 Å². The maximum absolute atomic E-state index is 11.5. The van der Waals surface area contributed by atoms with Crippen LogP contribution in [0.1, 0.15) is 42.2 Å². The molecule has 0 radical (unpaired) electrons. The number of carbonyl (C=O) groups is 1. The average molecular weight is 296 g/mol. The Balaban J connectivity index is 2.19. The first-order chi connectivity index (χ1) is 8.22. The lowest BCUT2D eigenvalue weighted by molar-refractivity contribution is 0.0526. The summed E-state index contributed by atoms with van der Waals surface area (Å²) < 4.78 is 6.14. The molecule has 0 amide bonds. The van der Waals surface area contributed by atoms with Gasteiger partial charge in [-0.15, -0.1) is 0 Å². The maximum atomic E-state index is 11.5. The Morgan fingerprint density at radius 3 is 2.82 bits per heavy atom. The lowest BCUT2D eigenvalue weighted by Gasteiger charge is -2.04. The van der Waals surface area contributed by atoms with E-state index in [0.29, 0.717) is 12.2 Å². The fraction of sp³-hybridized carbons (Fsp3) is 0.385. The van der Waals surface area contributed by atoms with Crippen molar-refractivity contribution in [2.24, 2.45) is 0 Å². The van der Waals surface area contributed by atoms with Crippen LogP contribution < -0.4 is 0 Å². The van der Waals surface area contributed by atoms with Crippen molar-refractivity contribution in [1.29, 1.82) is 0 Å². The van der Waals surface area contributed by atoms with E-state index in [9.17, 15) is 4.79 Å². The highest BCUT2D eigenvalue weighted by atomic mass is 79.9. The molecule has 0 saturated heterocycles. The first kappa shape index (κ1) is 12.3.